The zero-order valence-corrected chi connectivity index (χ0v) is 22.6. The predicted molar refractivity (Wildman–Crippen MR) is 142 cm³/mol. The van der Waals surface area contributed by atoms with Gasteiger partial charge in [0, 0.05) is 37.1 Å². The van der Waals surface area contributed by atoms with Gasteiger partial charge in [0.05, 0.1) is 25.6 Å². The minimum atomic E-state index is -1.14. The highest BCUT2D eigenvalue weighted by atomic mass is 16.5. The number of esters is 1. The topological polar surface area (TPSA) is 149 Å². The number of carboxylic acids is 1. The first-order valence-electron chi connectivity index (χ1n) is 13.2. The predicted octanol–water partition coefficient (Wildman–Crippen LogP) is 2.99. The van der Waals surface area contributed by atoms with Crippen LogP contribution >= 0.6 is 0 Å². The Balaban J connectivity index is 2.92. The number of ketones is 2. The van der Waals surface area contributed by atoms with Crippen molar-refractivity contribution in [2.45, 2.75) is 91.1 Å². The van der Waals surface area contributed by atoms with E-state index in [1.165, 1.54) is 29.0 Å². The van der Waals surface area contributed by atoms with Crippen molar-refractivity contribution in [3.8, 4) is 0 Å². The molecule has 0 unspecified atom stereocenters. The summed E-state index contributed by atoms with van der Waals surface area (Å²) >= 11 is 0. The maximum absolute atomic E-state index is 13.1. The number of hydrogen-bond acceptors (Lipinski definition) is 7. The molecule has 10 nitrogen and oxygen atoms in total. The molecule has 0 bridgehead atoms. The average Bonchev–Trinajstić information content (AvgIpc) is 2.87. The number of nitrogens with one attached hydrogen (secondary N) is 1. The van der Waals surface area contributed by atoms with E-state index in [0.717, 1.165) is 19.3 Å². The van der Waals surface area contributed by atoms with Crippen molar-refractivity contribution < 1.29 is 33.8 Å². The molecule has 0 radical (unpaired) electrons. The van der Waals surface area contributed by atoms with Crippen LogP contribution in [0.1, 0.15) is 77.7 Å². The van der Waals surface area contributed by atoms with E-state index in [9.17, 15) is 28.8 Å². The van der Waals surface area contributed by atoms with Gasteiger partial charge in [0.25, 0.3) is 5.56 Å². The molecule has 0 fully saturated rings. The standard InChI is InChI=1S/C28H40N2O8/c1-4-20(5-2)13-14-22(31)19-30-17-9-10-21(28(30)37)18-24(32)23(29-25(33)15-16-26(34)35)11-7-8-12-27(36)38-6-3/h8-10,12,17,20,23H,4-7,11,13-16,18-19H2,1-3H3,(H,29,33)(H,34,35)/b12-8+/t23-/m0/s1. The lowest BCUT2D eigenvalue weighted by Crippen LogP contribution is -2.42. The fourth-order valence-electron chi connectivity index (χ4n) is 3.92. The van der Waals surface area contributed by atoms with Crippen LogP contribution in [-0.4, -0.2) is 51.7 Å². The van der Waals surface area contributed by atoms with E-state index >= 15 is 0 Å². The lowest BCUT2D eigenvalue weighted by molar-refractivity contribution is -0.139. The first-order chi connectivity index (χ1) is 18.1. The zero-order valence-electron chi connectivity index (χ0n) is 22.6. The zero-order chi connectivity index (χ0) is 28.5. The summed E-state index contributed by atoms with van der Waals surface area (Å²) in [4.78, 5) is 73.0. The number of hydrogen-bond donors (Lipinski definition) is 2. The van der Waals surface area contributed by atoms with Gasteiger partial charge in [-0.15, -0.1) is 0 Å². The van der Waals surface area contributed by atoms with E-state index in [0.29, 0.717) is 12.3 Å². The van der Waals surface area contributed by atoms with Crippen molar-refractivity contribution in [1.29, 1.82) is 0 Å². The summed E-state index contributed by atoms with van der Waals surface area (Å²) in [7, 11) is 0. The van der Waals surface area contributed by atoms with E-state index in [1.807, 2.05) is 0 Å². The van der Waals surface area contributed by atoms with Crippen LogP contribution in [0.15, 0.2) is 35.3 Å². The van der Waals surface area contributed by atoms with E-state index in [2.05, 4.69) is 19.2 Å². The molecule has 0 aliphatic heterocycles. The van der Waals surface area contributed by atoms with Crippen LogP contribution in [0.5, 0.6) is 0 Å². The number of allylic oxidation sites excluding steroid dienone is 1. The molecule has 0 aromatic carbocycles. The van der Waals surface area contributed by atoms with Crippen LogP contribution in [-0.2, 0) is 41.7 Å². The first-order valence-corrected chi connectivity index (χ1v) is 13.2. The smallest absolute Gasteiger partial charge is 0.330 e. The van der Waals surface area contributed by atoms with Crippen molar-refractivity contribution in [2.24, 2.45) is 5.92 Å². The molecule has 1 rings (SSSR count). The highest BCUT2D eigenvalue weighted by Crippen LogP contribution is 2.15. The fourth-order valence-corrected chi connectivity index (χ4v) is 3.92. The quantitative estimate of drug-likeness (QED) is 0.204. The molecule has 0 aliphatic rings. The van der Waals surface area contributed by atoms with Crippen molar-refractivity contribution in [1.82, 2.24) is 9.88 Å². The second-order valence-electron chi connectivity index (χ2n) is 9.12. The molecule has 0 spiro atoms. The van der Waals surface area contributed by atoms with Crippen LogP contribution in [0.2, 0.25) is 0 Å². The van der Waals surface area contributed by atoms with Crippen LogP contribution in [0.3, 0.4) is 0 Å². The van der Waals surface area contributed by atoms with Crippen LogP contribution in [0, 0.1) is 5.92 Å². The molecule has 1 aromatic heterocycles. The first kappa shape index (κ1) is 32.5. The van der Waals surface area contributed by atoms with Crippen LogP contribution in [0.25, 0.3) is 0 Å². The highest BCUT2D eigenvalue weighted by molar-refractivity contribution is 5.91. The summed E-state index contributed by atoms with van der Waals surface area (Å²) < 4.78 is 6.10. The molecule has 0 saturated carbocycles. The number of aromatic nitrogens is 1. The van der Waals surface area contributed by atoms with Crippen molar-refractivity contribution >= 4 is 29.4 Å². The number of aliphatic carboxylic acids is 1. The molecule has 2 N–H and O–H groups in total. The van der Waals surface area contributed by atoms with Gasteiger partial charge in [-0.25, -0.2) is 4.79 Å². The number of pyridine rings is 1. The molecule has 0 saturated heterocycles. The summed E-state index contributed by atoms with van der Waals surface area (Å²) in [5.74, 6) is -2.30. The molecule has 10 heteroatoms. The number of carboxylic acid groups (broad SMARTS) is 1. The minimum absolute atomic E-state index is 0.0561. The maximum Gasteiger partial charge on any atom is 0.330 e. The molecular weight excluding hydrogens is 492 g/mol. The van der Waals surface area contributed by atoms with Gasteiger partial charge in [-0.1, -0.05) is 38.8 Å². The molecule has 0 aliphatic carbocycles. The molecule has 38 heavy (non-hydrogen) atoms. The molecule has 1 aromatic rings. The van der Waals surface area contributed by atoms with E-state index < -0.39 is 35.2 Å². The van der Waals surface area contributed by atoms with Gasteiger partial charge in [-0.05, 0) is 38.2 Å². The third kappa shape index (κ3) is 12.6. The van der Waals surface area contributed by atoms with Gasteiger partial charge in [0.2, 0.25) is 5.91 Å². The second kappa shape index (κ2) is 17.8. The Hall–Kier alpha value is -3.56. The maximum atomic E-state index is 13.1. The van der Waals surface area contributed by atoms with Crippen LogP contribution < -0.4 is 10.9 Å². The number of Topliss-reactive ketones (excluding diaryl/α,β-unsaturated/α-hetero) is 2. The number of ether oxygens (including phenoxy) is 1. The number of carbonyl (C=O) groups is 5. The van der Waals surface area contributed by atoms with E-state index in [1.54, 1.807) is 13.0 Å². The van der Waals surface area contributed by atoms with Crippen molar-refractivity contribution in [3.05, 3.63) is 46.4 Å². The Bertz CT molecular complexity index is 1040. The Kier molecular flexibility index (Phi) is 15.2. The summed E-state index contributed by atoms with van der Waals surface area (Å²) in [6.45, 7) is 6.00. The summed E-state index contributed by atoms with van der Waals surface area (Å²) in [5, 5.41) is 11.4. The number of carbonyl (C=O) groups excluding carboxylic acids is 4. The Morgan fingerprint density at radius 3 is 2.39 bits per heavy atom. The van der Waals surface area contributed by atoms with Gasteiger partial charge in [-0.3, -0.25) is 24.0 Å². The van der Waals surface area contributed by atoms with Gasteiger partial charge in [0.1, 0.15) is 0 Å². The molecule has 1 heterocycles. The highest BCUT2D eigenvalue weighted by Gasteiger charge is 2.22. The normalized spacial score (nSPS) is 11.9. The van der Waals surface area contributed by atoms with E-state index in [4.69, 9.17) is 9.84 Å². The lowest BCUT2D eigenvalue weighted by Gasteiger charge is -2.17. The number of nitrogens with zero attached hydrogens (tertiary/aromatic N) is 1. The van der Waals surface area contributed by atoms with Gasteiger partial charge in [-0.2, -0.15) is 0 Å². The van der Waals surface area contributed by atoms with Crippen LogP contribution in [0.4, 0.5) is 0 Å². The number of rotatable bonds is 19. The molecule has 210 valence electrons. The number of amides is 1. The second-order valence-corrected chi connectivity index (χ2v) is 9.12. The molecule has 1 atom stereocenters. The lowest BCUT2D eigenvalue weighted by atomic mass is 9.96. The van der Waals surface area contributed by atoms with Gasteiger partial charge < -0.3 is 19.7 Å². The monoisotopic (exact) mass is 532 g/mol. The third-order valence-electron chi connectivity index (χ3n) is 6.25. The Morgan fingerprint density at radius 1 is 1.05 bits per heavy atom. The Morgan fingerprint density at radius 2 is 1.76 bits per heavy atom. The SMILES string of the molecule is CCOC(=O)/C=C/CC[C@H](NC(=O)CCC(=O)O)C(=O)Cc1cccn(CC(=O)CCC(CC)CC)c1=O. The van der Waals surface area contributed by atoms with Crippen molar-refractivity contribution in [3.63, 3.8) is 0 Å². The summed E-state index contributed by atoms with van der Waals surface area (Å²) in [5.41, 5.74) is -0.257. The summed E-state index contributed by atoms with van der Waals surface area (Å²) in [6.07, 6.45) is 6.85. The largest absolute Gasteiger partial charge is 0.481 e. The molecular formula is C28H40N2O8. The molecule has 1 amide bonds. The fraction of sp³-hybridized carbons (Fsp3) is 0.571. The third-order valence-corrected chi connectivity index (χ3v) is 6.25. The van der Waals surface area contributed by atoms with E-state index in [-0.39, 0.29) is 56.6 Å². The summed E-state index contributed by atoms with van der Waals surface area (Å²) in [6, 6.07) is 2.12. The van der Waals surface area contributed by atoms with Gasteiger partial charge >= 0.3 is 11.9 Å². The van der Waals surface area contributed by atoms with Gasteiger partial charge in [0.15, 0.2) is 11.6 Å². The minimum Gasteiger partial charge on any atom is -0.481 e. The average molecular weight is 533 g/mol. The Labute approximate surface area is 223 Å². The van der Waals surface area contributed by atoms with Crippen molar-refractivity contribution in [2.75, 3.05) is 6.61 Å².